The quantitative estimate of drug-likeness (QED) is 0.684. The molecule has 128 valence electrons. The molecule has 0 aliphatic carbocycles. The number of halogens is 3. The molecular weight excluding hydrogens is 484 g/mol. The highest BCUT2D eigenvalue weighted by Crippen LogP contribution is 2.30. The summed E-state index contributed by atoms with van der Waals surface area (Å²) in [7, 11) is -0.667. The van der Waals surface area contributed by atoms with E-state index >= 15 is 0 Å². The van der Waals surface area contributed by atoms with Gasteiger partial charge in [0.25, 0.3) is 15.9 Å². The van der Waals surface area contributed by atoms with Crippen LogP contribution in [0, 0.1) is 0 Å². The van der Waals surface area contributed by atoms with Crippen molar-refractivity contribution >= 4 is 65.1 Å². The summed E-state index contributed by atoms with van der Waals surface area (Å²) in [6, 6.07) is 9.23. The maximum Gasteiger partial charge on any atom is 0.263 e. The third kappa shape index (κ3) is 4.30. The van der Waals surface area contributed by atoms with E-state index in [1.165, 1.54) is 29.2 Å². The summed E-state index contributed by atoms with van der Waals surface area (Å²) in [5.74, 6) is -0.254. The van der Waals surface area contributed by atoms with Crippen LogP contribution in [0.15, 0.2) is 50.2 Å². The Hall–Kier alpha value is -1.09. The molecule has 1 amide bonds. The van der Waals surface area contributed by atoms with Crippen LogP contribution in [-0.4, -0.2) is 33.3 Å². The number of nitrogens with one attached hydrogen (secondary N) is 1. The molecule has 0 saturated heterocycles. The van der Waals surface area contributed by atoms with Gasteiger partial charge in [-0.25, -0.2) is 8.42 Å². The summed E-state index contributed by atoms with van der Waals surface area (Å²) in [4.78, 5) is 13.5. The van der Waals surface area contributed by atoms with Crippen molar-refractivity contribution in [2.75, 3.05) is 18.8 Å². The lowest BCUT2D eigenvalue weighted by molar-refractivity contribution is 0.0827. The standard InChI is InChI=1S/C15H13Br2ClN2O3S/c1-20(2)15(21)9-3-6-12(18)13(7-9)19-24(22,23)14-8-10(16)4-5-11(14)17/h3-8,19H,1-2H3. The number of carbonyl (C=O) groups excluding carboxylic acids is 1. The highest BCUT2D eigenvalue weighted by atomic mass is 79.9. The van der Waals surface area contributed by atoms with E-state index in [2.05, 4.69) is 36.6 Å². The third-order valence-electron chi connectivity index (χ3n) is 3.05. The van der Waals surface area contributed by atoms with E-state index in [4.69, 9.17) is 11.6 Å². The topological polar surface area (TPSA) is 66.5 Å². The lowest BCUT2D eigenvalue weighted by Gasteiger charge is -2.14. The number of hydrogen-bond acceptors (Lipinski definition) is 3. The Morgan fingerprint density at radius 2 is 1.79 bits per heavy atom. The van der Waals surface area contributed by atoms with Crippen LogP contribution in [0.5, 0.6) is 0 Å². The van der Waals surface area contributed by atoms with Crippen LogP contribution in [0.4, 0.5) is 5.69 Å². The van der Waals surface area contributed by atoms with Gasteiger partial charge in [-0.2, -0.15) is 0 Å². The van der Waals surface area contributed by atoms with Gasteiger partial charge in [0, 0.05) is 28.6 Å². The van der Waals surface area contributed by atoms with Gasteiger partial charge in [0.05, 0.1) is 10.7 Å². The third-order valence-corrected chi connectivity index (χ3v) is 6.23. The molecule has 24 heavy (non-hydrogen) atoms. The second-order valence-corrected chi connectivity index (χ2v) is 8.90. The maximum absolute atomic E-state index is 12.6. The molecule has 0 atom stereocenters. The van der Waals surface area contributed by atoms with E-state index in [-0.39, 0.29) is 21.5 Å². The van der Waals surface area contributed by atoms with Crippen molar-refractivity contribution < 1.29 is 13.2 Å². The number of amides is 1. The monoisotopic (exact) mass is 494 g/mol. The zero-order chi connectivity index (χ0) is 18.1. The molecule has 0 radical (unpaired) electrons. The summed E-state index contributed by atoms with van der Waals surface area (Å²) in [6.45, 7) is 0. The Bertz CT molecular complexity index is 902. The molecule has 5 nitrogen and oxygen atoms in total. The predicted molar refractivity (Wildman–Crippen MR) is 102 cm³/mol. The Kier molecular flexibility index (Phi) is 5.95. The molecule has 0 fully saturated rings. The summed E-state index contributed by atoms with van der Waals surface area (Å²) in [6.07, 6.45) is 0. The first-order valence-electron chi connectivity index (χ1n) is 6.61. The summed E-state index contributed by atoms with van der Waals surface area (Å²) < 4.78 is 28.7. The van der Waals surface area contributed by atoms with E-state index in [1.807, 2.05) is 0 Å². The van der Waals surface area contributed by atoms with Crippen molar-refractivity contribution in [2.24, 2.45) is 0 Å². The number of carbonyl (C=O) groups is 1. The van der Waals surface area contributed by atoms with Crippen LogP contribution in [0.3, 0.4) is 0 Å². The van der Waals surface area contributed by atoms with E-state index in [1.54, 1.807) is 26.2 Å². The molecule has 0 unspecified atom stereocenters. The zero-order valence-corrected chi connectivity index (χ0v) is 17.4. The SMILES string of the molecule is CN(C)C(=O)c1ccc(Cl)c(NS(=O)(=O)c2cc(Br)ccc2Br)c1. The van der Waals surface area contributed by atoms with Crippen LogP contribution in [0.2, 0.25) is 5.02 Å². The van der Waals surface area contributed by atoms with Crippen LogP contribution >= 0.6 is 43.5 Å². The first-order valence-corrected chi connectivity index (χ1v) is 10.1. The molecule has 1 N–H and O–H groups in total. The molecule has 2 rings (SSSR count). The zero-order valence-electron chi connectivity index (χ0n) is 12.7. The number of sulfonamides is 1. The fourth-order valence-electron chi connectivity index (χ4n) is 1.88. The molecule has 0 saturated carbocycles. The molecule has 9 heteroatoms. The molecule has 0 aliphatic heterocycles. The number of anilines is 1. The fourth-order valence-corrected chi connectivity index (χ4v) is 4.67. The molecular formula is C15H13Br2ClN2O3S. The van der Waals surface area contributed by atoms with Gasteiger partial charge in [-0.3, -0.25) is 9.52 Å². The predicted octanol–water partition coefficient (Wildman–Crippen LogP) is 4.37. The number of hydrogen-bond donors (Lipinski definition) is 1. The molecule has 0 spiro atoms. The van der Waals surface area contributed by atoms with Gasteiger partial charge >= 0.3 is 0 Å². The largest absolute Gasteiger partial charge is 0.345 e. The average Bonchev–Trinajstić information content (AvgIpc) is 2.50. The van der Waals surface area contributed by atoms with Crippen molar-refractivity contribution in [2.45, 2.75) is 4.90 Å². The van der Waals surface area contributed by atoms with E-state index in [0.29, 0.717) is 14.5 Å². The van der Waals surface area contributed by atoms with Gasteiger partial charge in [-0.1, -0.05) is 27.5 Å². The summed E-state index contributed by atoms with van der Waals surface area (Å²) >= 11 is 12.5. The maximum atomic E-state index is 12.6. The first kappa shape index (κ1) is 19.2. The second-order valence-electron chi connectivity index (χ2n) is 5.07. The highest BCUT2D eigenvalue weighted by Gasteiger charge is 2.20. The molecule has 0 aromatic heterocycles. The van der Waals surface area contributed by atoms with Gasteiger partial charge in [-0.15, -0.1) is 0 Å². The molecule has 2 aromatic rings. The van der Waals surface area contributed by atoms with Crippen LogP contribution in [0.25, 0.3) is 0 Å². The van der Waals surface area contributed by atoms with Crippen molar-refractivity contribution in [3.8, 4) is 0 Å². The van der Waals surface area contributed by atoms with Gasteiger partial charge < -0.3 is 4.90 Å². The second kappa shape index (κ2) is 7.43. The van der Waals surface area contributed by atoms with Gasteiger partial charge in [0.15, 0.2) is 0 Å². The normalized spacial score (nSPS) is 11.2. The van der Waals surface area contributed by atoms with Crippen molar-refractivity contribution in [3.05, 3.63) is 55.9 Å². The van der Waals surface area contributed by atoms with Gasteiger partial charge in [0.2, 0.25) is 0 Å². The summed E-state index contributed by atoms with van der Waals surface area (Å²) in [5.41, 5.74) is 0.464. The lowest BCUT2D eigenvalue weighted by Crippen LogP contribution is -2.22. The Morgan fingerprint density at radius 1 is 1.12 bits per heavy atom. The van der Waals surface area contributed by atoms with Crippen LogP contribution in [0.1, 0.15) is 10.4 Å². The smallest absolute Gasteiger partial charge is 0.263 e. The molecule has 0 heterocycles. The molecule has 0 aliphatic rings. The number of benzene rings is 2. The van der Waals surface area contributed by atoms with Crippen LogP contribution in [-0.2, 0) is 10.0 Å². The van der Waals surface area contributed by atoms with Crippen molar-refractivity contribution in [1.82, 2.24) is 4.90 Å². The van der Waals surface area contributed by atoms with Crippen molar-refractivity contribution in [1.29, 1.82) is 0 Å². The van der Waals surface area contributed by atoms with Gasteiger partial charge in [-0.05, 0) is 52.3 Å². The highest BCUT2D eigenvalue weighted by molar-refractivity contribution is 9.11. The first-order chi connectivity index (χ1) is 11.1. The fraction of sp³-hybridized carbons (Fsp3) is 0.133. The van der Waals surface area contributed by atoms with E-state index < -0.39 is 10.0 Å². The average molecular weight is 497 g/mol. The van der Waals surface area contributed by atoms with Crippen LogP contribution < -0.4 is 4.72 Å². The minimum atomic E-state index is -3.89. The van der Waals surface area contributed by atoms with Crippen molar-refractivity contribution in [3.63, 3.8) is 0 Å². The number of rotatable bonds is 4. The van der Waals surface area contributed by atoms with E-state index in [0.717, 1.165) is 0 Å². The Labute approximate surface area is 162 Å². The molecule has 0 bridgehead atoms. The summed E-state index contributed by atoms with van der Waals surface area (Å²) in [5, 5.41) is 0.194. The number of nitrogens with zero attached hydrogens (tertiary/aromatic N) is 1. The minimum absolute atomic E-state index is 0.0530. The van der Waals surface area contributed by atoms with Gasteiger partial charge in [0.1, 0.15) is 4.90 Å². The molecule has 2 aromatic carbocycles. The Balaban J connectivity index is 2.44. The Morgan fingerprint density at radius 3 is 2.42 bits per heavy atom. The lowest BCUT2D eigenvalue weighted by atomic mass is 10.2. The van der Waals surface area contributed by atoms with E-state index in [9.17, 15) is 13.2 Å². The minimum Gasteiger partial charge on any atom is -0.345 e.